The summed E-state index contributed by atoms with van der Waals surface area (Å²) in [5.74, 6) is 0. The van der Waals surface area contributed by atoms with Crippen LogP contribution in [0, 0.1) is 6.92 Å². The molecule has 0 aliphatic carbocycles. The fraction of sp³-hybridized carbons (Fsp3) is 0.952. The molecule has 0 aromatic rings. The van der Waals surface area contributed by atoms with Crippen LogP contribution >= 0.6 is 0 Å². The van der Waals surface area contributed by atoms with E-state index in [1.54, 1.807) is 0 Å². The van der Waals surface area contributed by atoms with Crippen LogP contribution in [0.4, 0.5) is 0 Å². The van der Waals surface area contributed by atoms with Crippen LogP contribution in [-0.4, -0.2) is 12.7 Å². The Labute approximate surface area is 141 Å². The molecule has 0 rings (SSSR count). The molecule has 0 aliphatic rings. The number of hydrogen-bond donors (Lipinski definition) is 0. The third kappa shape index (κ3) is 20.0. The van der Waals surface area contributed by atoms with Crippen molar-refractivity contribution in [1.29, 1.82) is 0 Å². The highest BCUT2D eigenvalue weighted by Gasteiger charge is 1.95. The van der Waals surface area contributed by atoms with Crippen LogP contribution in [-0.2, 0) is 4.74 Å². The molecule has 0 spiro atoms. The van der Waals surface area contributed by atoms with E-state index in [0.717, 1.165) is 6.61 Å². The Bertz CT molecular complexity index is 188. The standard InChI is InChI=1S/C21H43O/c1-4-5-6-7-8-9-10-11-12-13-14-15-16-17-18-19-20-22-21(2)3/h21H,2,4-20H2,1,3H3. The second-order valence-electron chi connectivity index (χ2n) is 6.98. The maximum Gasteiger partial charge on any atom is 0.0547 e. The van der Waals surface area contributed by atoms with Crippen LogP contribution in [0.25, 0.3) is 0 Å². The van der Waals surface area contributed by atoms with E-state index in [1.807, 2.05) is 6.92 Å². The molecule has 0 saturated carbocycles. The van der Waals surface area contributed by atoms with Crippen molar-refractivity contribution in [3.8, 4) is 0 Å². The molecule has 1 radical (unpaired) electrons. The van der Waals surface area contributed by atoms with Crippen molar-refractivity contribution in [3.05, 3.63) is 6.92 Å². The Morgan fingerprint density at radius 1 is 0.591 bits per heavy atom. The molecule has 0 N–H and O–H groups in total. The zero-order chi connectivity index (χ0) is 16.3. The van der Waals surface area contributed by atoms with Crippen LogP contribution < -0.4 is 0 Å². The van der Waals surface area contributed by atoms with Gasteiger partial charge in [-0.2, -0.15) is 0 Å². The highest BCUT2D eigenvalue weighted by Crippen LogP contribution is 2.13. The number of unbranched alkanes of at least 4 members (excludes halogenated alkanes) is 15. The van der Waals surface area contributed by atoms with E-state index in [-0.39, 0.29) is 6.10 Å². The monoisotopic (exact) mass is 311 g/mol. The van der Waals surface area contributed by atoms with Gasteiger partial charge in [-0.1, -0.05) is 103 Å². The molecular formula is C21H43O. The Balaban J connectivity index is 2.94. The lowest BCUT2D eigenvalue weighted by Gasteiger charge is -2.06. The first-order chi connectivity index (χ1) is 10.8. The molecular weight excluding hydrogens is 268 g/mol. The zero-order valence-electron chi connectivity index (χ0n) is 15.7. The smallest absolute Gasteiger partial charge is 0.0547 e. The van der Waals surface area contributed by atoms with Crippen molar-refractivity contribution in [2.24, 2.45) is 0 Å². The Morgan fingerprint density at radius 3 is 1.23 bits per heavy atom. The van der Waals surface area contributed by atoms with Gasteiger partial charge in [0.2, 0.25) is 0 Å². The second-order valence-corrected chi connectivity index (χ2v) is 6.98. The lowest BCUT2D eigenvalue weighted by molar-refractivity contribution is 0.0921. The molecule has 0 heterocycles. The maximum atomic E-state index is 5.45. The highest BCUT2D eigenvalue weighted by atomic mass is 16.5. The van der Waals surface area contributed by atoms with Gasteiger partial charge in [0.25, 0.3) is 0 Å². The van der Waals surface area contributed by atoms with Crippen molar-refractivity contribution in [2.45, 2.75) is 123 Å². The highest BCUT2D eigenvalue weighted by molar-refractivity contribution is 4.51. The van der Waals surface area contributed by atoms with Crippen LogP contribution in [0.2, 0.25) is 0 Å². The summed E-state index contributed by atoms with van der Waals surface area (Å²) in [6, 6.07) is 0. The van der Waals surface area contributed by atoms with Gasteiger partial charge in [0.05, 0.1) is 6.10 Å². The van der Waals surface area contributed by atoms with Crippen molar-refractivity contribution in [1.82, 2.24) is 0 Å². The summed E-state index contributed by atoms with van der Waals surface area (Å²) in [5, 5.41) is 0. The summed E-state index contributed by atoms with van der Waals surface area (Å²) in [6.45, 7) is 9.02. The molecule has 0 aliphatic heterocycles. The van der Waals surface area contributed by atoms with Crippen LogP contribution in [0.15, 0.2) is 0 Å². The van der Waals surface area contributed by atoms with Crippen molar-refractivity contribution < 1.29 is 4.74 Å². The first-order valence-electron chi connectivity index (χ1n) is 10.2. The molecule has 22 heavy (non-hydrogen) atoms. The first-order valence-corrected chi connectivity index (χ1v) is 10.2. The summed E-state index contributed by atoms with van der Waals surface area (Å²) in [4.78, 5) is 0. The normalized spacial score (nSPS) is 11.5. The van der Waals surface area contributed by atoms with Gasteiger partial charge < -0.3 is 4.74 Å². The van der Waals surface area contributed by atoms with Crippen LogP contribution in [0.1, 0.15) is 117 Å². The van der Waals surface area contributed by atoms with Crippen molar-refractivity contribution >= 4 is 0 Å². The third-order valence-corrected chi connectivity index (χ3v) is 4.40. The van der Waals surface area contributed by atoms with E-state index in [9.17, 15) is 0 Å². The Kier molecular flexibility index (Phi) is 19.0. The first kappa shape index (κ1) is 22.0. The Hall–Kier alpha value is -0.0400. The lowest BCUT2D eigenvalue weighted by atomic mass is 10.0. The lowest BCUT2D eigenvalue weighted by Crippen LogP contribution is -2.03. The van der Waals surface area contributed by atoms with Crippen molar-refractivity contribution in [3.63, 3.8) is 0 Å². The summed E-state index contributed by atoms with van der Waals surface area (Å²) in [7, 11) is 0. The van der Waals surface area contributed by atoms with Gasteiger partial charge in [-0.3, -0.25) is 0 Å². The zero-order valence-corrected chi connectivity index (χ0v) is 15.7. The van der Waals surface area contributed by atoms with E-state index in [0.29, 0.717) is 0 Å². The summed E-state index contributed by atoms with van der Waals surface area (Å²) < 4.78 is 5.45. The van der Waals surface area contributed by atoms with Gasteiger partial charge in [0.1, 0.15) is 0 Å². The molecule has 1 unspecified atom stereocenters. The molecule has 0 aromatic heterocycles. The molecule has 0 saturated heterocycles. The predicted octanol–water partition coefficient (Wildman–Crippen LogP) is 7.49. The largest absolute Gasteiger partial charge is 0.379 e. The molecule has 133 valence electrons. The van der Waals surface area contributed by atoms with Gasteiger partial charge in [-0.25, -0.2) is 0 Å². The molecule has 1 nitrogen and oxygen atoms in total. The average molecular weight is 312 g/mol. The van der Waals surface area contributed by atoms with E-state index in [1.165, 1.54) is 103 Å². The molecule has 0 amide bonds. The molecule has 0 bridgehead atoms. The quantitative estimate of drug-likeness (QED) is 0.238. The molecule has 0 aromatic carbocycles. The second kappa shape index (κ2) is 19.0. The van der Waals surface area contributed by atoms with Gasteiger partial charge in [-0.05, 0) is 20.3 Å². The fourth-order valence-electron chi connectivity index (χ4n) is 2.93. The Morgan fingerprint density at radius 2 is 0.909 bits per heavy atom. The van der Waals surface area contributed by atoms with Gasteiger partial charge in [0, 0.05) is 6.61 Å². The number of rotatable bonds is 18. The number of ether oxygens (including phenoxy) is 1. The van der Waals surface area contributed by atoms with E-state index < -0.39 is 0 Å². The van der Waals surface area contributed by atoms with E-state index in [2.05, 4.69) is 13.8 Å². The maximum absolute atomic E-state index is 5.45. The third-order valence-electron chi connectivity index (χ3n) is 4.40. The van der Waals surface area contributed by atoms with E-state index >= 15 is 0 Å². The minimum atomic E-state index is 0.149. The summed E-state index contributed by atoms with van der Waals surface area (Å²) in [6.07, 6.45) is 22.9. The van der Waals surface area contributed by atoms with E-state index in [4.69, 9.17) is 4.74 Å². The predicted molar refractivity (Wildman–Crippen MR) is 100 cm³/mol. The minimum absolute atomic E-state index is 0.149. The molecule has 1 atom stereocenters. The van der Waals surface area contributed by atoms with Crippen molar-refractivity contribution in [2.75, 3.05) is 6.61 Å². The van der Waals surface area contributed by atoms with Gasteiger partial charge in [0.15, 0.2) is 0 Å². The SMILES string of the molecule is [CH2]C(C)OCCCCCCCCCCCCCCCCCC. The van der Waals surface area contributed by atoms with Crippen LogP contribution in [0.3, 0.4) is 0 Å². The summed E-state index contributed by atoms with van der Waals surface area (Å²) >= 11 is 0. The van der Waals surface area contributed by atoms with Gasteiger partial charge >= 0.3 is 0 Å². The van der Waals surface area contributed by atoms with Gasteiger partial charge in [-0.15, -0.1) is 0 Å². The fourth-order valence-corrected chi connectivity index (χ4v) is 2.93. The molecule has 0 fully saturated rings. The molecule has 1 heteroatoms. The average Bonchev–Trinajstić information content (AvgIpc) is 2.50. The number of hydrogen-bond acceptors (Lipinski definition) is 1. The topological polar surface area (TPSA) is 9.23 Å². The van der Waals surface area contributed by atoms with Crippen LogP contribution in [0.5, 0.6) is 0 Å². The minimum Gasteiger partial charge on any atom is -0.379 e. The summed E-state index contributed by atoms with van der Waals surface area (Å²) in [5.41, 5.74) is 0.